The number of carboxylic acids is 1. The Morgan fingerprint density at radius 1 is 1.43 bits per heavy atom. The molecule has 1 aromatic rings. The lowest BCUT2D eigenvalue weighted by molar-refractivity contribution is 0.0690. The SMILES string of the molecule is CCc1c(C(=O)O)[nH]c(C)c1C(C)=O. The summed E-state index contributed by atoms with van der Waals surface area (Å²) in [7, 11) is 0. The molecule has 4 heteroatoms. The first kappa shape index (κ1) is 10.5. The van der Waals surface area contributed by atoms with Gasteiger partial charge in [0.05, 0.1) is 0 Å². The molecule has 14 heavy (non-hydrogen) atoms. The summed E-state index contributed by atoms with van der Waals surface area (Å²) < 4.78 is 0. The van der Waals surface area contributed by atoms with Crippen molar-refractivity contribution < 1.29 is 14.7 Å². The van der Waals surface area contributed by atoms with E-state index in [1.807, 2.05) is 6.92 Å². The molecule has 0 spiro atoms. The molecule has 0 aliphatic rings. The summed E-state index contributed by atoms with van der Waals surface area (Å²) >= 11 is 0. The fraction of sp³-hybridized carbons (Fsp3) is 0.400. The quantitative estimate of drug-likeness (QED) is 0.722. The van der Waals surface area contributed by atoms with E-state index in [0.29, 0.717) is 23.2 Å². The Kier molecular flexibility index (Phi) is 2.74. The summed E-state index contributed by atoms with van der Waals surface area (Å²) in [4.78, 5) is 24.8. The molecule has 2 N–H and O–H groups in total. The van der Waals surface area contributed by atoms with E-state index in [4.69, 9.17) is 5.11 Å². The number of hydrogen-bond donors (Lipinski definition) is 2. The van der Waals surface area contributed by atoms with Gasteiger partial charge in [-0.05, 0) is 25.8 Å². The Morgan fingerprint density at radius 2 is 2.00 bits per heavy atom. The molecule has 0 bridgehead atoms. The largest absolute Gasteiger partial charge is 0.477 e. The minimum Gasteiger partial charge on any atom is -0.477 e. The van der Waals surface area contributed by atoms with E-state index in [1.165, 1.54) is 6.92 Å². The highest BCUT2D eigenvalue weighted by Gasteiger charge is 2.20. The average molecular weight is 195 g/mol. The summed E-state index contributed by atoms with van der Waals surface area (Å²) in [5.74, 6) is -1.11. The van der Waals surface area contributed by atoms with Gasteiger partial charge < -0.3 is 10.1 Å². The van der Waals surface area contributed by atoms with Gasteiger partial charge in [0, 0.05) is 11.3 Å². The fourth-order valence-electron chi connectivity index (χ4n) is 1.69. The number of rotatable bonds is 3. The van der Waals surface area contributed by atoms with Gasteiger partial charge in [0.15, 0.2) is 5.78 Å². The number of carbonyl (C=O) groups excluding carboxylic acids is 1. The Balaban J connectivity index is 3.43. The fourth-order valence-corrected chi connectivity index (χ4v) is 1.69. The lowest BCUT2D eigenvalue weighted by Crippen LogP contribution is -2.03. The van der Waals surface area contributed by atoms with E-state index >= 15 is 0 Å². The van der Waals surface area contributed by atoms with Gasteiger partial charge in [0.1, 0.15) is 5.69 Å². The normalized spacial score (nSPS) is 10.2. The van der Waals surface area contributed by atoms with E-state index in [0.717, 1.165) is 0 Å². The monoisotopic (exact) mass is 195 g/mol. The summed E-state index contributed by atoms with van der Waals surface area (Å²) in [6, 6.07) is 0. The molecule has 0 aliphatic heterocycles. The Labute approximate surface area is 81.9 Å². The van der Waals surface area contributed by atoms with Gasteiger partial charge in [-0.1, -0.05) is 6.92 Å². The molecular formula is C10H13NO3. The van der Waals surface area contributed by atoms with Crippen molar-refractivity contribution in [2.45, 2.75) is 27.2 Å². The maximum absolute atomic E-state index is 11.3. The van der Waals surface area contributed by atoms with Crippen molar-refractivity contribution in [3.8, 4) is 0 Å². The van der Waals surface area contributed by atoms with Crippen LogP contribution < -0.4 is 0 Å². The number of aromatic carboxylic acids is 1. The van der Waals surface area contributed by atoms with Gasteiger partial charge in [-0.3, -0.25) is 4.79 Å². The number of Topliss-reactive ketones (excluding diaryl/α,β-unsaturated/α-hetero) is 1. The number of H-pyrrole nitrogens is 1. The van der Waals surface area contributed by atoms with Crippen LogP contribution in [0.4, 0.5) is 0 Å². The van der Waals surface area contributed by atoms with Crippen molar-refractivity contribution in [2.24, 2.45) is 0 Å². The topological polar surface area (TPSA) is 70.2 Å². The number of carbonyl (C=O) groups is 2. The second-order valence-electron chi connectivity index (χ2n) is 3.19. The zero-order valence-electron chi connectivity index (χ0n) is 8.47. The predicted octanol–water partition coefficient (Wildman–Crippen LogP) is 1.79. The summed E-state index contributed by atoms with van der Waals surface area (Å²) in [5.41, 5.74) is 1.88. The number of aryl methyl sites for hydroxylation is 1. The molecule has 1 heterocycles. The highest BCUT2D eigenvalue weighted by molar-refractivity contribution is 6.00. The lowest BCUT2D eigenvalue weighted by Gasteiger charge is -1.98. The standard InChI is InChI=1S/C10H13NO3/c1-4-7-8(6(3)12)5(2)11-9(7)10(13)14/h11H,4H2,1-3H3,(H,13,14). The van der Waals surface area contributed by atoms with Crippen LogP contribution in [0.2, 0.25) is 0 Å². The van der Waals surface area contributed by atoms with Crippen LogP contribution in [0.15, 0.2) is 0 Å². The molecule has 0 unspecified atom stereocenters. The van der Waals surface area contributed by atoms with E-state index < -0.39 is 5.97 Å². The zero-order valence-corrected chi connectivity index (χ0v) is 8.47. The maximum Gasteiger partial charge on any atom is 0.352 e. The van der Waals surface area contributed by atoms with Gasteiger partial charge in [-0.2, -0.15) is 0 Å². The number of aromatic amines is 1. The van der Waals surface area contributed by atoms with Crippen LogP contribution in [0.5, 0.6) is 0 Å². The van der Waals surface area contributed by atoms with Crippen molar-refractivity contribution in [3.63, 3.8) is 0 Å². The van der Waals surface area contributed by atoms with Crippen molar-refractivity contribution in [1.82, 2.24) is 4.98 Å². The first-order chi connectivity index (χ1) is 6.49. The third-order valence-electron chi connectivity index (χ3n) is 2.21. The summed E-state index contributed by atoms with van der Waals surface area (Å²) in [5, 5.41) is 8.87. The number of nitrogens with one attached hydrogen (secondary N) is 1. The lowest BCUT2D eigenvalue weighted by atomic mass is 10.0. The molecule has 4 nitrogen and oxygen atoms in total. The number of carboxylic acid groups (broad SMARTS) is 1. The van der Waals surface area contributed by atoms with Crippen LogP contribution in [-0.4, -0.2) is 21.8 Å². The van der Waals surface area contributed by atoms with Crippen molar-refractivity contribution >= 4 is 11.8 Å². The minimum absolute atomic E-state index is 0.0944. The van der Waals surface area contributed by atoms with Gasteiger partial charge in [-0.15, -0.1) is 0 Å². The minimum atomic E-state index is -1.02. The van der Waals surface area contributed by atoms with E-state index in [1.54, 1.807) is 6.92 Å². The molecule has 0 amide bonds. The van der Waals surface area contributed by atoms with Crippen LogP contribution in [0, 0.1) is 6.92 Å². The zero-order chi connectivity index (χ0) is 10.9. The second-order valence-corrected chi connectivity index (χ2v) is 3.19. The molecule has 1 rings (SSSR count). The smallest absolute Gasteiger partial charge is 0.352 e. The van der Waals surface area contributed by atoms with Gasteiger partial charge >= 0.3 is 5.97 Å². The second kappa shape index (κ2) is 3.65. The molecule has 0 aromatic carbocycles. The molecular weight excluding hydrogens is 182 g/mol. The predicted molar refractivity (Wildman–Crippen MR) is 51.9 cm³/mol. The van der Waals surface area contributed by atoms with E-state index in [2.05, 4.69) is 4.98 Å². The highest BCUT2D eigenvalue weighted by atomic mass is 16.4. The highest BCUT2D eigenvalue weighted by Crippen LogP contribution is 2.20. The van der Waals surface area contributed by atoms with Gasteiger partial charge in [-0.25, -0.2) is 4.79 Å². The van der Waals surface area contributed by atoms with E-state index in [9.17, 15) is 9.59 Å². The number of ketones is 1. The molecule has 0 fully saturated rings. The molecule has 76 valence electrons. The molecule has 0 atom stereocenters. The molecule has 0 saturated heterocycles. The van der Waals surface area contributed by atoms with Crippen molar-refractivity contribution in [2.75, 3.05) is 0 Å². The Morgan fingerprint density at radius 3 is 2.36 bits per heavy atom. The van der Waals surface area contributed by atoms with Gasteiger partial charge in [0.2, 0.25) is 0 Å². The first-order valence-electron chi connectivity index (χ1n) is 4.44. The summed E-state index contributed by atoms with van der Waals surface area (Å²) in [6.07, 6.45) is 0.543. The molecule has 0 radical (unpaired) electrons. The van der Waals surface area contributed by atoms with Crippen LogP contribution in [0.25, 0.3) is 0 Å². The number of hydrogen-bond acceptors (Lipinski definition) is 2. The molecule has 1 aromatic heterocycles. The van der Waals surface area contributed by atoms with Crippen molar-refractivity contribution in [3.05, 3.63) is 22.5 Å². The molecule has 0 saturated carbocycles. The summed E-state index contributed by atoms with van der Waals surface area (Å²) in [6.45, 7) is 4.99. The maximum atomic E-state index is 11.3. The Bertz CT molecular complexity index is 390. The van der Waals surface area contributed by atoms with Crippen molar-refractivity contribution in [1.29, 1.82) is 0 Å². The van der Waals surface area contributed by atoms with Crippen LogP contribution >= 0.6 is 0 Å². The average Bonchev–Trinajstić information content (AvgIpc) is 2.41. The third-order valence-corrected chi connectivity index (χ3v) is 2.21. The Hall–Kier alpha value is -1.58. The first-order valence-corrected chi connectivity index (χ1v) is 4.44. The van der Waals surface area contributed by atoms with Gasteiger partial charge in [0.25, 0.3) is 0 Å². The van der Waals surface area contributed by atoms with Crippen LogP contribution in [0.1, 0.15) is 46.0 Å². The van der Waals surface area contributed by atoms with Crippen LogP contribution in [0.3, 0.4) is 0 Å². The van der Waals surface area contributed by atoms with E-state index in [-0.39, 0.29) is 11.5 Å². The van der Waals surface area contributed by atoms with Crippen LogP contribution in [-0.2, 0) is 6.42 Å². The molecule has 0 aliphatic carbocycles. The third kappa shape index (κ3) is 1.55. The number of aromatic nitrogens is 1.